The van der Waals surface area contributed by atoms with Gasteiger partial charge in [-0.3, -0.25) is 0 Å². The number of nitrogens with zero attached hydrogens (tertiary/aromatic N) is 2. The first kappa shape index (κ1) is 10.3. The van der Waals surface area contributed by atoms with Gasteiger partial charge in [0.05, 0.1) is 13.2 Å². The maximum Gasteiger partial charge on any atom is 0.409 e. The summed E-state index contributed by atoms with van der Waals surface area (Å²) in [5.74, 6) is 0. The summed E-state index contributed by atoms with van der Waals surface area (Å²) in [6.45, 7) is 2.89. The third-order valence-corrected chi connectivity index (χ3v) is 2.37. The average Bonchev–Trinajstić information content (AvgIpc) is 2.16. The zero-order valence-corrected chi connectivity index (χ0v) is 8.19. The van der Waals surface area contributed by atoms with E-state index in [-0.39, 0.29) is 12.1 Å². The molecular formula is C8H17N3O2. The second-order valence-electron chi connectivity index (χ2n) is 3.32. The summed E-state index contributed by atoms with van der Waals surface area (Å²) in [5.41, 5.74) is 5.57. The maximum absolute atomic E-state index is 11.3. The maximum atomic E-state index is 11.3. The van der Waals surface area contributed by atoms with Gasteiger partial charge in [0.25, 0.3) is 0 Å². The van der Waals surface area contributed by atoms with E-state index in [9.17, 15) is 4.79 Å². The van der Waals surface area contributed by atoms with Crippen molar-refractivity contribution in [3.8, 4) is 0 Å². The van der Waals surface area contributed by atoms with Crippen LogP contribution in [-0.4, -0.2) is 62.3 Å². The number of nitrogens with two attached hydrogens (primary N) is 1. The standard InChI is InChI=1S/C8H17N3O2/c1-10-3-4-11(8(12)13-2)7(5-9)6-10/h7H,3-6,9H2,1-2H3. The normalized spacial score (nSPS) is 24.5. The van der Waals surface area contributed by atoms with Crippen molar-refractivity contribution in [2.45, 2.75) is 6.04 Å². The number of likely N-dealkylation sites (N-methyl/N-ethyl adjacent to an activating group) is 1. The minimum absolute atomic E-state index is 0.0891. The fourth-order valence-electron chi connectivity index (χ4n) is 1.57. The van der Waals surface area contributed by atoms with Crippen LogP contribution in [0.15, 0.2) is 0 Å². The molecule has 13 heavy (non-hydrogen) atoms. The van der Waals surface area contributed by atoms with Crippen LogP contribution < -0.4 is 5.73 Å². The highest BCUT2D eigenvalue weighted by atomic mass is 16.5. The summed E-state index contributed by atoms with van der Waals surface area (Å²) in [6, 6.07) is 0.0891. The summed E-state index contributed by atoms with van der Waals surface area (Å²) < 4.78 is 4.67. The lowest BCUT2D eigenvalue weighted by Crippen LogP contribution is -2.56. The van der Waals surface area contributed by atoms with Crippen LogP contribution in [0, 0.1) is 0 Å². The van der Waals surface area contributed by atoms with Gasteiger partial charge in [-0.05, 0) is 7.05 Å². The Kier molecular flexibility index (Phi) is 3.50. The molecule has 0 spiro atoms. The van der Waals surface area contributed by atoms with E-state index in [0.717, 1.165) is 13.1 Å². The Morgan fingerprint density at radius 1 is 1.62 bits per heavy atom. The molecule has 1 fully saturated rings. The van der Waals surface area contributed by atoms with Crippen molar-refractivity contribution in [1.29, 1.82) is 0 Å². The number of carbonyl (C=O) groups is 1. The largest absolute Gasteiger partial charge is 0.453 e. The third kappa shape index (κ3) is 2.32. The highest BCUT2D eigenvalue weighted by Crippen LogP contribution is 2.08. The number of carbonyl (C=O) groups excluding carboxylic acids is 1. The second kappa shape index (κ2) is 4.43. The Hall–Kier alpha value is -0.810. The molecule has 1 rings (SSSR count). The van der Waals surface area contributed by atoms with Gasteiger partial charge in [0.2, 0.25) is 0 Å². The van der Waals surface area contributed by atoms with E-state index in [2.05, 4.69) is 9.64 Å². The molecule has 1 heterocycles. The van der Waals surface area contributed by atoms with Crippen LogP contribution in [0.1, 0.15) is 0 Å². The van der Waals surface area contributed by atoms with Gasteiger partial charge < -0.3 is 20.3 Å². The molecule has 0 saturated carbocycles. The molecule has 0 aromatic heterocycles. The van der Waals surface area contributed by atoms with Gasteiger partial charge in [0.1, 0.15) is 0 Å². The van der Waals surface area contributed by atoms with E-state index >= 15 is 0 Å². The van der Waals surface area contributed by atoms with Gasteiger partial charge in [-0.25, -0.2) is 4.79 Å². The van der Waals surface area contributed by atoms with Crippen molar-refractivity contribution in [3.63, 3.8) is 0 Å². The predicted octanol–water partition coefficient (Wildman–Crippen LogP) is -0.672. The van der Waals surface area contributed by atoms with Gasteiger partial charge in [0.15, 0.2) is 0 Å². The smallest absolute Gasteiger partial charge is 0.409 e. The number of methoxy groups -OCH3 is 1. The average molecular weight is 187 g/mol. The molecule has 5 nitrogen and oxygen atoms in total. The van der Waals surface area contributed by atoms with Crippen LogP contribution in [0.4, 0.5) is 4.79 Å². The highest BCUT2D eigenvalue weighted by Gasteiger charge is 2.28. The molecule has 0 aromatic rings. The van der Waals surface area contributed by atoms with Crippen molar-refractivity contribution in [2.24, 2.45) is 5.73 Å². The molecule has 0 bridgehead atoms. The Balaban J connectivity index is 2.57. The molecule has 0 aliphatic carbocycles. The molecule has 1 atom stereocenters. The van der Waals surface area contributed by atoms with Crippen molar-refractivity contribution in [3.05, 3.63) is 0 Å². The number of rotatable bonds is 1. The van der Waals surface area contributed by atoms with Crippen molar-refractivity contribution in [2.75, 3.05) is 40.3 Å². The Bertz CT molecular complexity index is 186. The van der Waals surface area contributed by atoms with Crippen LogP contribution in [0.25, 0.3) is 0 Å². The van der Waals surface area contributed by atoms with Gasteiger partial charge in [-0.1, -0.05) is 0 Å². The van der Waals surface area contributed by atoms with Gasteiger partial charge in [-0.2, -0.15) is 0 Å². The number of hydrogen-bond acceptors (Lipinski definition) is 4. The first-order chi connectivity index (χ1) is 6.19. The van der Waals surface area contributed by atoms with Crippen LogP contribution >= 0.6 is 0 Å². The molecule has 0 aromatic carbocycles. The summed E-state index contributed by atoms with van der Waals surface area (Å²) in [4.78, 5) is 15.1. The van der Waals surface area contributed by atoms with Crippen LogP contribution in [0.5, 0.6) is 0 Å². The van der Waals surface area contributed by atoms with E-state index in [1.54, 1.807) is 4.90 Å². The molecule has 76 valence electrons. The molecule has 1 amide bonds. The van der Waals surface area contributed by atoms with E-state index in [1.165, 1.54) is 7.11 Å². The zero-order valence-electron chi connectivity index (χ0n) is 8.19. The summed E-state index contributed by atoms with van der Waals surface area (Å²) >= 11 is 0. The first-order valence-corrected chi connectivity index (χ1v) is 4.42. The van der Waals surface area contributed by atoms with Crippen LogP contribution in [-0.2, 0) is 4.74 Å². The van der Waals surface area contributed by atoms with Crippen molar-refractivity contribution < 1.29 is 9.53 Å². The summed E-state index contributed by atoms with van der Waals surface area (Å²) in [7, 11) is 3.42. The van der Waals surface area contributed by atoms with Crippen LogP contribution in [0.2, 0.25) is 0 Å². The lowest BCUT2D eigenvalue weighted by atomic mass is 10.2. The Labute approximate surface area is 78.4 Å². The van der Waals surface area contributed by atoms with Gasteiger partial charge >= 0.3 is 6.09 Å². The van der Waals surface area contributed by atoms with Gasteiger partial charge in [-0.15, -0.1) is 0 Å². The van der Waals surface area contributed by atoms with Crippen molar-refractivity contribution >= 4 is 6.09 Å². The quantitative estimate of drug-likeness (QED) is 0.591. The zero-order chi connectivity index (χ0) is 9.84. The molecule has 0 radical (unpaired) electrons. The lowest BCUT2D eigenvalue weighted by Gasteiger charge is -2.38. The van der Waals surface area contributed by atoms with Crippen molar-refractivity contribution in [1.82, 2.24) is 9.80 Å². The Morgan fingerprint density at radius 2 is 2.31 bits per heavy atom. The summed E-state index contributed by atoms with van der Waals surface area (Å²) in [5, 5.41) is 0. The molecular weight excluding hydrogens is 170 g/mol. The molecule has 1 aliphatic heterocycles. The third-order valence-electron chi connectivity index (χ3n) is 2.37. The molecule has 1 unspecified atom stereocenters. The molecule has 1 aliphatic rings. The minimum atomic E-state index is -0.274. The predicted molar refractivity (Wildman–Crippen MR) is 49.5 cm³/mol. The van der Waals surface area contributed by atoms with E-state index in [4.69, 9.17) is 5.73 Å². The Morgan fingerprint density at radius 3 is 2.85 bits per heavy atom. The number of piperazine rings is 1. The van der Waals surface area contributed by atoms with E-state index in [1.807, 2.05) is 7.05 Å². The highest BCUT2D eigenvalue weighted by molar-refractivity contribution is 5.68. The molecule has 1 saturated heterocycles. The molecule has 5 heteroatoms. The summed E-state index contributed by atoms with van der Waals surface area (Å²) in [6.07, 6.45) is -0.274. The fraction of sp³-hybridized carbons (Fsp3) is 0.875. The van der Waals surface area contributed by atoms with E-state index < -0.39 is 0 Å². The monoisotopic (exact) mass is 187 g/mol. The number of ether oxygens (including phenoxy) is 1. The fourth-order valence-corrected chi connectivity index (χ4v) is 1.57. The molecule has 2 N–H and O–H groups in total. The topological polar surface area (TPSA) is 58.8 Å². The number of amides is 1. The van der Waals surface area contributed by atoms with Gasteiger partial charge in [0, 0.05) is 26.2 Å². The van der Waals surface area contributed by atoms with Crippen LogP contribution in [0.3, 0.4) is 0 Å². The van der Waals surface area contributed by atoms with E-state index in [0.29, 0.717) is 13.1 Å². The minimum Gasteiger partial charge on any atom is -0.453 e. The SMILES string of the molecule is COC(=O)N1CCN(C)CC1CN. The second-order valence-corrected chi connectivity index (χ2v) is 3.32. The first-order valence-electron chi connectivity index (χ1n) is 4.42. The lowest BCUT2D eigenvalue weighted by molar-refractivity contribution is 0.0683. The number of hydrogen-bond donors (Lipinski definition) is 1.